The fourth-order valence-corrected chi connectivity index (χ4v) is 4.76. The molecule has 0 bridgehead atoms. The number of hydrogen-bond donors (Lipinski definition) is 2. The summed E-state index contributed by atoms with van der Waals surface area (Å²) in [5.74, 6) is -2.00. The first-order valence-electron chi connectivity index (χ1n) is 11.9. The third-order valence-electron chi connectivity index (χ3n) is 5.63. The Balaban J connectivity index is 1.60. The number of anilines is 2. The van der Waals surface area contributed by atoms with Crippen molar-refractivity contribution in [3.8, 4) is 11.5 Å². The summed E-state index contributed by atoms with van der Waals surface area (Å²) in [5, 5.41) is 5.12. The molecule has 40 heavy (non-hydrogen) atoms. The van der Waals surface area contributed by atoms with Crippen molar-refractivity contribution < 1.29 is 33.0 Å². The molecule has 206 valence electrons. The normalized spacial score (nSPS) is 14.3. The van der Waals surface area contributed by atoms with Crippen molar-refractivity contribution in [1.29, 1.82) is 0 Å². The molecular formula is C28H22ClFIN3O6. The Labute approximate surface area is 247 Å². The molecule has 1 fully saturated rings. The molecule has 0 aliphatic carbocycles. The second kappa shape index (κ2) is 12.5. The van der Waals surface area contributed by atoms with Gasteiger partial charge in [0.15, 0.2) is 18.1 Å². The molecule has 0 saturated carbocycles. The number of aryl methyl sites for hydroxylation is 1. The van der Waals surface area contributed by atoms with Crippen LogP contribution in [0, 0.1) is 16.3 Å². The highest BCUT2D eigenvalue weighted by molar-refractivity contribution is 14.1. The summed E-state index contributed by atoms with van der Waals surface area (Å²) in [4.78, 5) is 51.8. The van der Waals surface area contributed by atoms with E-state index >= 15 is 0 Å². The number of hydrogen-bond acceptors (Lipinski definition) is 6. The van der Waals surface area contributed by atoms with Crippen LogP contribution in [-0.4, -0.2) is 37.0 Å². The molecule has 0 unspecified atom stereocenters. The van der Waals surface area contributed by atoms with Gasteiger partial charge in [-0.1, -0.05) is 17.7 Å². The lowest BCUT2D eigenvalue weighted by atomic mass is 10.1. The van der Waals surface area contributed by atoms with Crippen molar-refractivity contribution >= 4 is 75.4 Å². The predicted octanol–water partition coefficient (Wildman–Crippen LogP) is 5.47. The molecule has 0 atom stereocenters. The summed E-state index contributed by atoms with van der Waals surface area (Å²) in [5.41, 5.74) is 1.42. The van der Waals surface area contributed by atoms with E-state index in [9.17, 15) is 23.6 Å². The monoisotopic (exact) mass is 677 g/mol. The fourth-order valence-electron chi connectivity index (χ4n) is 3.81. The van der Waals surface area contributed by atoms with E-state index in [1.165, 1.54) is 36.4 Å². The second-order valence-electron chi connectivity index (χ2n) is 8.50. The molecule has 0 aromatic heterocycles. The summed E-state index contributed by atoms with van der Waals surface area (Å²) >= 11 is 8.06. The Bertz CT molecular complexity index is 1540. The number of nitrogens with zero attached hydrogens (tertiary/aromatic N) is 1. The Morgan fingerprint density at radius 3 is 2.52 bits per heavy atom. The van der Waals surface area contributed by atoms with Crippen LogP contribution >= 0.6 is 34.2 Å². The second-order valence-corrected chi connectivity index (χ2v) is 10.1. The molecular weight excluding hydrogens is 656 g/mol. The summed E-state index contributed by atoms with van der Waals surface area (Å²) in [7, 11) is 0. The molecule has 0 radical (unpaired) electrons. The Hall–Kier alpha value is -3.97. The maximum atomic E-state index is 13.3. The minimum absolute atomic E-state index is 0.251. The van der Waals surface area contributed by atoms with E-state index in [0.29, 0.717) is 25.4 Å². The van der Waals surface area contributed by atoms with Gasteiger partial charge in [0.1, 0.15) is 11.4 Å². The summed E-state index contributed by atoms with van der Waals surface area (Å²) in [6.07, 6.45) is 1.34. The third-order valence-corrected chi connectivity index (χ3v) is 6.67. The van der Waals surface area contributed by atoms with Crippen LogP contribution in [0.1, 0.15) is 18.1 Å². The highest BCUT2D eigenvalue weighted by Gasteiger charge is 2.37. The number of benzene rings is 3. The molecule has 12 heteroatoms. The molecule has 1 saturated heterocycles. The first-order valence-corrected chi connectivity index (χ1v) is 13.3. The van der Waals surface area contributed by atoms with Crippen LogP contribution < -0.4 is 25.0 Å². The van der Waals surface area contributed by atoms with Gasteiger partial charge in [-0.2, -0.15) is 0 Å². The molecule has 3 aromatic carbocycles. The zero-order valence-corrected chi connectivity index (χ0v) is 24.1. The van der Waals surface area contributed by atoms with Crippen LogP contribution in [0.3, 0.4) is 0 Å². The number of rotatable bonds is 8. The lowest BCUT2D eigenvalue weighted by Gasteiger charge is -2.27. The molecule has 1 heterocycles. The average molecular weight is 678 g/mol. The number of carbonyl (C=O) groups is 4. The number of imide groups is 2. The van der Waals surface area contributed by atoms with E-state index in [-0.39, 0.29) is 36.0 Å². The van der Waals surface area contributed by atoms with E-state index in [4.69, 9.17) is 21.1 Å². The number of nitrogens with one attached hydrogen (secondary N) is 2. The van der Waals surface area contributed by atoms with Gasteiger partial charge in [-0.3, -0.25) is 19.7 Å². The van der Waals surface area contributed by atoms with Gasteiger partial charge in [0.25, 0.3) is 17.7 Å². The number of amides is 5. The van der Waals surface area contributed by atoms with Gasteiger partial charge >= 0.3 is 6.03 Å². The molecule has 4 rings (SSSR count). The minimum atomic E-state index is -0.884. The predicted molar refractivity (Wildman–Crippen MR) is 156 cm³/mol. The van der Waals surface area contributed by atoms with Crippen LogP contribution in [0.5, 0.6) is 11.5 Å². The van der Waals surface area contributed by atoms with Gasteiger partial charge < -0.3 is 14.8 Å². The van der Waals surface area contributed by atoms with Crippen LogP contribution in [0.15, 0.2) is 60.2 Å². The van der Waals surface area contributed by atoms with Crippen LogP contribution in [-0.2, 0) is 14.4 Å². The Morgan fingerprint density at radius 1 is 1.10 bits per heavy atom. The standard InChI is InChI=1S/C28H22ClFIN3O6/c1-3-39-23-12-16(11-21(31)25(23)40-14-24(35)32-19-8-6-18(30)7-9-19)10-20-26(36)33-28(38)34(27(20)37)22-13-17(29)5-4-15(22)2/h4-13H,3,14H2,1-2H3,(H,32,35)(H,33,36,38)/b20-10+. The lowest BCUT2D eigenvalue weighted by Crippen LogP contribution is -2.54. The first-order chi connectivity index (χ1) is 19.1. The van der Waals surface area contributed by atoms with E-state index < -0.39 is 29.6 Å². The quantitative estimate of drug-likeness (QED) is 0.186. The Kier molecular flexibility index (Phi) is 9.05. The van der Waals surface area contributed by atoms with Crippen LogP contribution in [0.25, 0.3) is 6.08 Å². The van der Waals surface area contributed by atoms with Gasteiger partial charge in [0.05, 0.1) is 15.9 Å². The number of urea groups is 1. The van der Waals surface area contributed by atoms with E-state index in [1.54, 1.807) is 38.1 Å². The van der Waals surface area contributed by atoms with Crippen molar-refractivity contribution in [3.05, 3.63) is 85.7 Å². The van der Waals surface area contributed by atoms with Crippen LogP contribution in [0.4, 0.5) is 20.6 Å². The molecule has 1 aliphatic heterocycles. The van der Waals surface area contributed by atoms with E-state index in [0.717, 1.165) is 4.90 Å². The molecule has 0 spiro atoms. The third kappa shape index (κ3) is 6.59. The van der Waals surface area contributed by atoms with Gasteiger partial charge in [-0.15, -0.1) is 0 Å². The smallest absolute Gasteiger partial charge is 0.335 e. The summed E-state index contributed by atoms with van der Waals surface area (Å²) in [6, 6.07) is 12.4. The maximum Gasteiger partial charge on any atom is 0.335 e. The van der Waals surface area contributed by atoms with Crippen molar-refractivity contribution in [3.63, 3.8) is 0 Å². The van der Waals surface area contributed by atoms with Crippen molar-refractivity contribution in [1.82, 2.24) is 5.32 Å². The van der Waals surface area contributed by atoms with Crippen molar-refractivity contribution in [2.45, 2.75) is 13.8 Å². The highest BCUT2D eigenvalue weighted by atomic mass is 127. The number of ether oxygens (including phenoxy) is 2. The highest BCUT2D eigenvalue weighted by Crippen LogP contribution is 2.36. The van der Waals surface area contributed by atoms with Crippen molar-refractivity contribution in [2.75, 3.05) is 23.4 Å². The molecule has 3 aromatic rings. The zero-order valence-electron chi connectivity index (χ0n) is 21.2. The fraction of sp³-hybridized carbons (Fsp3) is 0.143. The molecule has 2 N–H and O–H groups in total. The molecule has 5 amide bonds. The number of halogens is 3. The lowest BCUT2D eigenvalue weighted by molar-refractivity contribution is -0.122. The largest absolute Gasteiger partial charge is 0.490 e. The summed E-state index contributed by atoms with van der Waals surface area (Å²) in [6.45, 7) is 3.38. The van der Waals surface area contributed by atoms with Gasteiger partial charge in [-0.05, 0) is 102 Å². The van der Waals surface area contributed by atoms with Gasteiger partial charge in [0.2, 0.25) is 0 Å². The minimum Gasteiger partial charge on any atom is -0.490 e. The molecule has 9 nitrogen and oxygen atoms in total. The zero-order chi connectivity index (χ0) is 29.0. The van der Waals surface area contributed by atoms with E-state index in [2.05, 4.69) is 10.6 Å². The van der Waals surface area contributed by atoms with E-state index in [1.807, 2.05) is 22.6 Å². The number of barbiturate groups is 1. The summed E-state index contributed by atoms with van der Waals surface area (Å²) < 4.78 is 25.1. The maximum absolute atomic E-state index is 13.3. The van der Waals surface area contributed by atoms with Gasteiger partial charge in [0, 0.05) is 10.7 Å². The molecule has 1 aliphatic rings. The SMILES string of the molecule is CCOc1cc(/C=C2\C(=O)NC(=O)N(c3cc(Cl)ccc3C)C2=O)cc(I)c1OCC(=O)Nc1ccc(F)cc1. The topological polar surface area (TPSA) is 114 Å². The first kappa shape index (κ1) is 29.0. The average Bonchev–Trinajstić information content (AvgIpc) is 2.89. The van der Waals surface area contributed by atoms with Gasteiger partial charge in [-0.25, -0.2) is 14.1 Å². The van der Waals surface area contributed by atoms with Crippen LogP contribution in [0.2, 0.25) is 5.02 Å². The van der Waals surface area contributed by atoms with Crippen molar-refractivity contribution in [2.24, 2.45) is 0 Å². The number of carbonyl (C=O) groups excluding carboxylic acids is 4. The Morgan fingerprint density at radius 2 is 1.82 bits per heavy atom.